The summed E-state index contributed by atoms with van der Waals surface area (Å²) in [7, 11) is 0. The van der Waals surface area contributed by atoms with Crippen molar-refractivity contribution in [1.82, 2.24) is 10.3 Å². The highest BCUT2D eigenvalue weighted by Gasteiger charge is 2.16. The van der Waals surface area contributed by atoms with E-state index in [1.165, 1.54) is 0 Å². The van der Waals surface area contributed by atoms with Crippen LogP contribution in [0.25, 0.3) is 0 Å². The van der Waals surface area contributed by atoms with Crippen LogP contribution in [0.4, 0.5) is 0 Å². The van der Waals surface area contributed by atoms with Crippen LogP contribution in [0.3, 0.4) is 0 Å². The summed E-state index contributed by atoms with van der Waals surface area (Å²) in [5, 5.41) is 3.99. The second kappa shape index (κ2) is 6.32. The van der Waals surface area contributed by atoms with Crippen LogP contribution in [0.1, 0.15) is 44.5 Å². The van der Waals surface area contributed by atoms with Crippen molar-refractivity contribution < 1.29 is 4.79 Å². The zero-order valence-electron chi connectivity index (χ0n) is 12.1. The number of nitrogens with two attached hydrogens (primary N) is 1. The Bertz CT molecular complexity index is 677. The van der Waals surface area contributed by atoms with E-state index in [9.17, 15) is 4.79 Å². The number of aromatic nitrogens is 1. The van der Waals surface area contributed by atoms with Crippen LogP contribution in [0.5, 0.6) is 0 Å². The number of nitrogens with one attached hydrogen (secondary N) is 1. The van der Waals surface area contributed by atoms with Gasteiger partial charge in [0.25, 0.3) is 5.91 Å². The maximum atomic E-state index is 12.2. The molecule has 0 aliphatic rings. The average Bonchev–Trinajstić information content (AvgIpc) is 2.77. The Balaban J connectivity index is 2.10. The number of hydrogen-bond donors (Lipinski definition) is 2. The largest absolute Gasteiger partial charge is 0.389 e. The maximum absolute atomic E-state index is 12.2. The predicted molar refractivity (Wildman–Crippen MR) is 89.8 cm³/mol. The number of aryl methyl sites for hydroxylation is 2. The van der Waals surface area contributed by atoms with E-state index in [-0.39, 0.29) is 11.9 Å². The van der Waals surface area contributed by atoms with Gasteiger partial charge >= 0.3 is 0 Å². The van der Waals surface area contributed by atoms with E-state index in [2.05, 4.69) is 10.3 Å². The number of rotatable bonds is 4. The van der Waals surface area contributed by atoms with E-state index < -0.39 is 0 Å². The standard InChI is InChI=1S/C15H17N3OS2/c1-8-13(21-10(3)17-8)9(2)18-15(19)12-6-4-11(5-7-12)14(16)20/h4-7,9H,1-3H3,(H2,16,20)(H,18,19). The molecule has 1 aromatic carbocycles. The normalized spacial score (nSPS) is 12.0. The first kappa shape index (κ1) is 15.6. The van der Waals surface area contributed by atoms with Crippen LogP contribution < -0.4 is 11.1 Å². The molecule has 0 aliphatic heterocycles. The molecule has 21 heavy (non-hydrogen) atoms. The van der Waals surface area contributed by atoms with E-state index in [0.717, 1.165) is 21.1 Å². The molecule has 3 N–H and O–H groups in total. The molecular weight excluding hydrogens is 302 g/mol. The lowest BCUT2D eigenvalue weighted by molar-refractivity contribution is 0.0940. The summed E-state index contributed by atoms with van der Waals surface area (Å²) in [6.45, 7) is 5.88. The first-order valence-electron chi connectivity index (χ1n) is 6.53. The Morgan fingerprint density at radius 1 is 1.29 bits per heavy atom. The first-order valence-corrected chi connectivity index (χ1v) is 7.75. The molecule has 0 bridgehead atoms. The number of nitrogens with zero attached hydrogens (tertiary/aromatic N) is 1. The summed E-state index contributed by atoms with van der Waals surface area (Å²) in [5.41, 5.74) is 7.85. The number of carbonyl (C=O) groups is 1. The predicted octanol–water partition coefficient (Wildman–Crippen LogP) is 2.89. The number of amides is 1. The topological polar surface area (TPSA) is 68.0 Å². The molecule has 4 nitrogen and oxygen atoms in total. The highest BCUT2D eigenvalue weighted by atomic mass is 32.1. The highest BCUT2D eigenvalue weighted by molar-refractivity contribution is 7.80. The van der Waals surface area contributed by atoms with Crippen molar-refractivity contribution in [2.75, 3.05) is 0 Å². The van der Waals surface area contributed by atoms with Crippen molar-refractivity contribution in [3.63, 3.8) is 0 Å². The third kappa shape index (κ3) is 3.65. The van der Waals surface area contributed by atoms with Crippen LogP contribution in [0.15, 0.2) is 24.3 Å². The molecule has 0 saturated carbocycles. The summed E-state index contributed by atoms with van der Waals surface area (Å²) >= 11 is 6.50. The van der Waals surface area contributed by atoms with Crippen molar-refractivity contribution in [3.05, 3.63) is 51.0 Å². The second-order valence-electron chi connectivity index (χ2n) is 4.82. The summed E-state index contributed by atoms with van der Waals surface area (Å²) in [4.78, 5) is 18.0. The van der Waals surface area contributed by atoms with Gasteiger partial charge in [-0.15, -0.1) is 11.3 Å². The zero-order chi connectivity index (χ0) is 15.6. The minimum Gasteiger partial charge on any atom is -0.389 e. The molecule has 0 saturated heterocycles. The van der Waals surface area contributed by atoms with Gasteiger partial charge in [0.05, 0.1) is 16.7 Å². The smallest absolute Gasteiger partial charge is 0.251 e. The second-order valence-corrected chi connectivity index (χ2v) is 6.49. The molecule has 0 aliphatic carbocycles. The van der Waals surface area contributed by atoms with Gasteiger partial charge in [-0.05, 0) is 32.9 Å². The number of benzene rings is 1. The van der Waals surface area contributed by atoms with Gasteiger partial charge in [0.2, 0.25) is 0 Å². The van der Waals surface area contributed by atoms with Crippen molar-refractivity contribution in [1.29, 1.82) is 0 Å². The number of thiocarbonyl (C=S) groups is 1. The molecule has 0 spiro atoms. The van der Waals surface area contributed by atoms with E-state index in [4.69, 9.17) is 18.0 Å². The molecule has 0 radical (unpaired) electrons. The average molecular weight is 319 g/mol. The van der Waals surface area contributed by atoms with Gasteiger partial charge in [-0.1, -0.05) is 24.4 Å². The van der Waals surface area contributed by atoms with E-state index in [1.54, 1.807) is 35.6 Å². The minimum absolute atomic E-state index is 0.0704. The van der Waals surface area contributed by atoms with Crippen molar-refractivity contribution in [2.24, 2.45) is 5.73 Å². The van der Waals surface area contributed by atoms with Crippen LogP contribution in [0.2, 0.25) is 0 Å². The van der Waals surface area contributed by atoms with Crippen molar-refractivity contribution in [3.8, 4) is 0 Å². The SMILES string of the molecule is Cc1nc(C)c(C(C)NC(=O)c2ccc(C(N)=S)cc2)s1. The molecule has 1 unspecified atom stereocenters. The van der Waals surface area contributed by atoms with Crippen molar-refractivity contribution >= 4 is 34.5 Å². The van der Waals surface area contributed by atoms with Crippen LogP contribution in [-0.4, -0.2) is 15.9 Å². The number of thiazole rings is 1. The Morgan fingerprint density at radius 3 is 2.33 bits per heavy atom. The van der Waals surface area contributed by atoms with Crippen LogP contribution >= 0.6 is 23.6 Å². The first-order chi connectivity index (χ1) is 9.88. The fourth-order valence-electron chi connectivity index (χ4n) is 2.08. The van der Waals surface area contributed by atoms with Crippen LogP contribution in [-0.2, 0) is 0 Å². The Labute approximate surface area is 133 Å². The molecular formula is C15H17N3OS2. The van der Waals surface area contributed by atoms with E-state index in [0.29, 0.717) is 10.6 Å². The van der Waals surface area contributed by atoms with Gasteiger partial charge in [-0.2, -0.15) is 0 Å². The molecule has 6 heteroatoms. The van der Waals surface area contributed by atoms with E-state index in [1.807, 2.05) is 20.8 Å². The molecule has 1 amide bonds. The minimum atomic E-state index is -0.123. The fraction of sp³-hybridized carbons (Fsp3) is 0.267. The van der Waals surface area contributed by atoms with Gasteiger partial charge in [-0.3, -0.25) is 4.79 Å². The van der Waals surface area contributed by atoms with Crippen LogP contribution in [0, 0.1) is 13.8 Å². The third-order valence-electron chi connectivity index (χ3n) is 3.11. The van der Waals surface area contributed by atoms with Gasteiger partial charge in [-0.25, -0.2) is 4.98 Å². The molecule has 1 heterocycles. The van der Waals surface area contributed by atoms with Gasteiger partial charge in [0.1, 0.15) is 4.99 Å². The lowest BCUT2D eigenvalue weighted by Gasteiger charge is -2.13. The lowest BCUT2D eigenvalue weighted by Crippen LogP contribution is -2.26. The fourth-order valence-corrected chi connectivity index (χ4v) is 3.15. The molecule has 110 valence electrons. The van der Waals surface area contributed by atoms with Gasteiger partial charge < -0.3 is 11.1 Å². The summed E-state index contributed by atoms with van der Waals surface area (Å²) in [6.07, 6.45) is 0. The van der Waals surface area contributed by atoms with Gasteiger partial charge in [0, 0.05) is 16.0 Å². The monoisotopic (exact) mass is 319 g/mol. The maximum Gasteiger partial charge on any atom is 0.251 e. The zero-order valence-corrected chi connectivity index (χ0v) is 13.8. The molecule has 2 aromatic rings. The summed E-state index contributed by atoms with van der Waals surface area (Å²) < 4.78 is 0. The Morgan fingerprint density at radius 2 is 1.86 bits per heavy atom. The summed E-state index contributed by atoms with van der Waals surface area (Å²) in [6, 6.07) is 6.88. The Hall–Kier alpha value is -1.79. The quantitative estimate of drug-likeness (QED) is 0.850. The molecule has 1 atom stereocenters. The Kier molecular flexibility index (Phi) is 4.69. The lowest BCUT2D eigenvalue weighted by atomic mass is 10.1. The molecule has 1 aromatic heterocycles. The van der Waals surface area contributed by atoms with Gasteiger partial charge in [0.15, 0.2) is 0 Å². The number of hydrogen-bond acceptors (Lipinski definition) is 4. The molecule has 2 rings (SSSR count). The number of carbonyl (C=O) groups excluding carboxylic acids is 1. The third-order valence-corrected chi connectivity index (χ3v) is 4.60. The van der Waals surface area contributed by atoms with E-state index >= 15 is 0 Å². The summed E-state index contributed by atoms with van der Waals surface area (Å²) in [5.74, 6) is -0.123. The molecule has 0 fully saturated rings. The highest BCUT2D eigenvalue weighted by Crippen LogP contribution is 2.24. The van der Waals surface area contributed by atoms with Crippen molar-refractivity contribution in [2.45, 2.75) is 26.8 Å².